The number of hydroxylamine groups is 2. The monoisotopic (exact) mass is 512 g/mol. The van der Waals surface area contributed by atoms with Crippen molar-refractivity contribution in [3.05, 3.63) is 41.5 Å². The lowest BCUT2D eigenvalue weighted by molar-refractivity contribution is -0.201. The SMILES string of the molecule is O=C1OC2CC3(C(=O)NCCO)C(ON(Cc4cccc(C=CC5CCC6OC6C5)c4)C13)C1OCOC21. The van der Waals surface area contributed by atoms with Gasteiger partial charge >= 0.3 is 5.97 Å². The zero-order valence-corrected chi connectivity index (χ0v) is 20.5. The quantitative estimate of drug-likeness (QED) is 0.406. The average Bonchev–Trinajstić information content (AvgIpc) is 3.33. The van der Waals surface area contributed by atoms with E-state index in [0.717, 1.165) is 30.4 Å². The molecular formula is C27H32N2O8. The summed E-state index contributed by atoms with van der Waals surface area (Å²) in [5.41, 5.74) is 0.837. The summed E-state index contributed by atoms with van der Waals surface area (Å²) in [6, 6.07) is 7.18. The summed E-state index contributed by atoms with van der Waals surface area (Å²) in [6.07, 6.45) is 6.72. The van der Waals surface area contributed by atoms with Gasteiger partial charge in [-0.25, -0.2) is 0 Å². The third kappa shape index (κ3) is 3.93. The summed E-state index contributed by atoms with van der Waals surface area (Å²) < 4.78 is 23.0. The highest BCUT2D eigenvalue weighted by Gasteiger charge is 2.74. The van der Waals surface area contributed by atoms with Gasteiger partial charge in [-0.2, -0.15) is 5.06 Å². The molecule has 0 radical (unpaired) electrons. The Morgan fingerprint density at radius 2 is 2.08 bits per heavy atom. The molecule has 37 heavy (non-hydrogen) atoms. The lowest BCUT2D eigenvalue weighted by Gasteiger charge is -2.48. The number of carbonyl (C=O) groups excluding carboxylic acids is 2. The Bertz CT molecular complexity index is 1110. The molecule has 4 saturated heterocycles. The van der Waals surface area contributed by atoms with E-state index in [4.69, 9.17) is 23.8 Å². The summed E-state index contributed by atoms with van der Waals surface area (Å²) in [4.78, 5) is 33.2. The number of epoxide rings is 1. The first-order valence-electron chi connectivity index (χ1n) is 13.3. The van der Waals surface area contributed by atoms with Crippen molar-refractivity contribution < 1.29 is 38.5 Å². The first-order chi connectivity index (χ1) is 18.1. The molecule has 0 spiro atoms. The predicted octanol–water partition coefficient (Wildman–Crippen LogP) is 0.917. The van der Waals surface area contributed by atoms with Gasteiger partial charge in [0.2, 0.25) is 5.91 Å². The van der Waals surface area contributed by atoms with Gasteiger partial charge in [0.1, 0.15) is 36.6 Å². The first kappa shape index (κ1) is 23.8. The van der Waals surface area contributed by atoms with Crippen LogP contribution in [0.5, 0.6) is 0 Å². The number of ether oxygens (including phenoxy) is 4. The number of esters is 1. The number of allylic oxidation sites excluding steroid dienone is 1. The number of hydrogen-bond donors (Lipinski definition) is 2. The Morgan fingerprint density at radius 3 is 2.95 bits per heavy atom. The molecule has 9 atom stereocenters. The molecule has 2 bridgehead atoms. The molecule has 10 nitrogen and oxygen atoms in total. The fourth-order valence-corrected chi connectivity index (χ4v) is 7.00. The van der Waals surface area contributed by atoms with E-state index in [-0.39, 0.29) is 32.3 Å². The maximum Gasteiger partial charge on any atom is 0.327 e. The lowest BCUT2D eigenvalue weighted by atomic mass is 9.62. The number of hydrogen-bond acceptors (Lipinski definition) is 9. The highest BCUT2D eigenvalue weighted by atomic mass is 16.8. The number of carbonyl (C=O) groups is 2. The van der Waals surface area contributed by atoms with Crippen molar-refractivity contribution in [2.45, 2.75) is 74.9 Å². The van der Waals surface area contributed by atoms with Crippen molar-refractivity contribution in [2.24, 2.45) is 11.3 Å². The molecule has 2 N–H and O–H groups in total. The second-order valence-electron chi connectivity index (χ2n) is 11.0. The molecule has 1 amide bonds. The number of nitrogens with zero attached hydrogens (tertiary/aromatic N) is 1. The van der Waals surface area contributed by atoms with Crippen LogP contribution in [0.4, 0.5) is 0 Å². The van der Waals surface area contributed by atoms with E-state index in [1.165, 1.54) is 0 Å². The van der Waals surface area contributed by atoms with Crippen LogP contribution in [0.25, 0.3) is 6.08 Å². The summed E-state index contributed by atoms with van der Waals surface area (Å²) in [7, 11) is 0. The zero-order chi connectivity index (χ0) is 25.1. The van der Waals surface area contributed by atoms with Gasteiger partial charge in [0.05, 0.1) is 25.4 Å². The molecular weight excluding hydrogens is 480 g/mol. The van der Waals surface area contributed by atoms with Crippen molar-refractivity contribution in [2.75, 3.05) is 19.9 Å². The van der Waals surface area contributed by atoms with Crippen LogP contribution >= 0.6 is 0 Å². The van der Waals surface area contributed by atoms with Crippen molar-refractivity contribution in [3.63, 3.8) is 0 Å². The topological polar surface area (TPSA) is 119 Å². The second kappa shape index (κ2) is 9.14. The van der Waals surface area contributed by atoms with E-state index in [2.05, 4.69) is 29.6 Å². The van der Waals surface area contributed by atoms with Crippen LogP contribution in [0.1, 0.15) is 36.8 Å². The molecule has 4 heterocycles. The number of rotatable bonds is 7. The number of aliphatic hydroxyl groups is 1. The van der Waals surface area contributed by atoms with Crippen molar-refractivity contribution in [1.82, 2.24) is 10.4 Å². The minimum absolute atomic E-state index is 0.0607. The van der Waals surface area contributed by atoms with Gasteiger partial charge in [0.15, 0.2) is 6.04 Å². The van der Waals surface area contributed by atoms with Gasteiger partial charge in [-0.15, -0.1) is 0 Å². The molecule has 198 valence electrons. The molecule has 2 aliphatic carbocycles. The fourth-order valence-electron chi connectivity index (χ4n) is 7.00. The first-order valence-corrected chi connectivity index (χ1v) is 13.3. The summed E-state index contributed by atoms with van der Waals surface area (Å²) in [6.45, 7) is 0.257. The summed E-state index contributed by atoms with van der Waals surface area (Å²) >= 11 is 0. The Hall–Kier alpha value is -2.34. The van der Waals surface area contributed by atoms with Crippen LogP contribution in [0.3, 0.4) is 0 Å². The summed E-state index contributed by atoms with van der Waals surface area (Å²) in [5.74, 6) is -0.303. The molecule has 6 aliphatic rings. The van der Waals surface area contributed by atoms with E-state index in [1.54, 1.807) is 5.06 Å². The maximum absolute atomic E-state index is 13.5. The molecule has 7 rings (SSSR count). The average molecular weight is 513 g/mol. The van der Waals surface area contributed by atoms with Crippen LogP contribution in [0.2, 0.25) is 0 Å². The predicted molar refractivity (Wildman–Crippen MR) is 127 cm³/mol. The number of amides is 1. The number of fused-ring (bicyclic) bond motifs is 5. The standard InChI is InChI=1S/C27H32N2O8/c30-9-8-28-26(32)27-12-20-21-22(34-14-33-21)24(27)37-29(23(27)25(31)36-20)13-17-3-1-2-15(10-17)4-5-16-6-7-18-19(11-16)35-18/h1-5,10,16,18-24,30H,6-9,11-14H2,(H,28,32). The molecule has 1 aromatic rings. The molecule has 6 fully saturated rings. The smallest absolute Gasteiger partial charge is 0.327 e. The molecule has 10 heteroatoms. The zero-order valence-electron chi connectivity index (χ0n) is 20.5. The van der Waals surface area contributed by atoms with Gasteiger partial charge in [-0.1, -0.05) is 36.4 Å². The Kier molecular flexibility index (Phi) is 5.87. The molecule has 1 aromatic carbocycles. The maximum atomic E-state index is 13.5. The third-order valence-corrected chi connectivity index (χ3v) is 8.79. The third-order valence-electron chi connectivity index (χ3n) is 8.79. The highest BCUT2D eigenvalue weighted by Crippen LogP contribution is 2.55. The number of nitrogens with one attached hydrogen (secondary N) is 1. The minimum Gasteiger partial charge on any atom is -0.458 e. The van der Waals surface area contributed by atoms with Crippen LogP contribution < -0.4 is 5.32 Å². The van der Waals surface area contributed by atoms with Gasteiger partial charge in [-0.05, 0) is 36.3 Å². The Labute approximate surface area is 214 Å². The van der Waals surface area contributed by atoms with Crippen molar-refractivity contribution >= 4 is 18.0 Å². The van der Waals surface area contributed by atoms with Gasteiger partial charge in [-0.3, -0.25) is 14.4 Å². The summed E-state index contributed by atoms with van der Waals surface area (Å²) in [5, 5.41) is 13.7. The van der Waals surface area contributed by atoms with Crippen molar-refractivity contribution in [1.29, 1.82) is 0 Å². The van der Waals surface area contributed by atoms with E-state index in [9.17, 15) is 14.7 Å². The Balaban J connectivity index is 1.14. The number of aliphatic hydroxyl groups excluding tert-OH is 1. The largest absolute Gasteiger partial charge is 0.458 e. The van der Waals surface area contributed by atoms with Crippen LogP contribution in [-0.2, 0) is 39.9 Å². The normalized spacial score (nSPS) is 41.8. The van der Waals surface area contributed by atoms with Gasteiger partial charge in [0.25, 0.3) is 0 Å². The van der Waals surface area contributed by atoms with Crippen LogP contribution in [0, 0.1) is 11.3 Å². The molecule has 9 unspecified atom stereocenters. The fraction of sp³-hybridized carbons (Fsp3) is 0.630. The minimum atomic E-state index is -1.19. The second-order valence-corrected chi connectivity index (χ2v) is 11.0. The van der Waals surface area contributed by atoms with Crippen LogP contribution in [0.15, 0.2) is 30.3 Å². The Morgan fingerprint density at radius 1 is 1.19 bits per heavy atom. The van der Waals surface area contributed by atoms with Crippen molar-refractivity contribution in [3.8, 4) is 0 Å². The molecule has 0 aromatic heterocycles. The van der Waals surface area contributed by atoms with E-state index in [1.807, 2.05) is 12.1 Å². The van der Waals surface area contributed by atoms with E-state index in [0.29, 0.717) is 24.7 Å². The number of benzene rings is 1. The lowest BCUT2D eigenvalue weighted by Crippen LogP contribution is -2.69. The molecule has 2 saturated carbocycles. The van der Waals surface area contributed by atoms with E-state index < -0.39 is 41.8 Å². The van der Waals surface area contributed by atoms with Gasteiger partial charge < -0.3 is 29.4 Å². The van der Waals surface area contributed by atoms with Crippen LogP contribution in [-0.4, -0.2) is 84.7 Å². The molecule has 4 aliphatic heterocycles. The highest BCUT2D eigenvalue weighted by molar-refractivity contribution is 5.93. The van der Waals surface area contributed by atoms with E-state index >= 15 is 0 Å². The van der Waals surface area contributed by atoms with Gasteiger partial charge in [0, 0.05) is 13.0 Å².